The molecule has 0 aliphatic heterocycles. The van der Waals surface area contributed by atoms with Gasteiger partial charge >= 0.3 is 0 Å². The lowest BCUT2D eigenvalue weighted by molar-refractivity contribution is 0.237. The van der Waals surface area contributed by atoms with E-state index >= 15 is 0 Å². The van der Waals surface area contributed by atoms with Gasteiger partial charge in [-0.05, 0) is 31.1 Å². The second-order valence-corrected chi connectivity index (χ2v) is 5.49. The number of nitrogens with one attached hydrogen (secondary N) is 1. The highest BCUT2D eigenvalue weighted by Crippen LogP contribution is 2.28. The first-order valence-electron chi connectivity index (χ1n) is 6.33. The lowest BCUT2D eigenvalue weighted by Gasteiger charge is -2.32. The predicted molar refractivity (Wildman–Crippen MR) is 66.0 cm³/mol. The summed E-state index contributed by atoms with van der Waals surface area (Å²) in [7, 11) is 2.05. The molecular formula is C13H23N3. The van der Waals surface area contributed by atoms with Crippen LogP contribution in [0, 0.1) is 11.8 Å². The van der Waals surface area contributed by atoms with Crippen molar-refractivity contribution in [3.63, 3.8) is 0 Å². The fourth-order valence-electron chi connectivity index (χ4n) is 2.92. The van der Waals surface area contributed by atoms with E-state index < -0.39 is 0 Å². The van der Waals surface area contributed by atoms with Crippen LogP contribution in [0.1, 0.15) is 38.8 Å². The molecule has 0 bridgehead atoms. The number of aromatic nitrogens is 2. The molecule has 2 rings (SSSR count). The molecule has 1 aromatic rings. The maximum Gasteiger partial charge on any atom is 0.0945 e. The van der Waals surface area contributed by atoms with E-state index in [-0.39, 0.29) is 0 Å². The van der Waals surface area contributed by atoms with Crippen molar-refractivity contribution in [2.45, 2.75) is 45.7 Å². The van der Waals surface area contributed by atoms with E-state index in [4.69, 9.17) is 0 Å². The molecule has 16 heavy (non-hydrogen) atoms. The Morgan fingerprint density at radius 2 is 2.00 bits per heavy atom. The number of hydrogen-bond donors (Lipinski definition) is 1. The lowest BCUT2D eigenvalue weighted by atomic mass is 9.80. The Morgan fingerprint density at radius 3 is 2.56 bits per heavy atom. The second-order valence-electron chi connectivity index (χ2n) is 5.49. The molecule has 1 aromatic heterocycles. The summed E-state index contributed by atoms with van der Waals surface area (Å²) in [5, 5.41) is 3.66. The van der Waals surface area contributed by atoms with E-state index in [9.17, 15) is 0 Å². The first-order valence-corrected chi connectivity index (χ1v) is 6.33. The second kappa shape index (κ2) is 5.00. The first-order chi connectivity index (χ1) is 7.65. The predicted octanol–water partition coefficient (Wildman–Crippen LogP) is 2.33. The number of rotatable bonds is 3. The third-order valence-electron chi connectivity index (χ3n) is 3.67. The molecule has 0 aromatic carbocycles. The van der Waals surface area contributed by atoms with Gasteiger partial charge < -0.3 is 9.88 Å². The zero-order valence-corrected chi connectivity index (χ0v) is 10.6. The smallest absolute Gasteiger partial charge is 0.0945 e. The van der Waals surface area contributed by atoms with Gasteiger partial charge in [-0.1, -0.05) is 13.8 Å². The Labute approximate surface area is 98.3 Å². The van der Waals surface area contributed by atoms with Crippen molar-refractivity contribution in [1.82, 2.24) is 14.9 Å². The largest absolute Gasteiger partial charge is 0.337 e. The maximum atomic E-state index is 4.14. The standard InChI is InChI=1S/C13H23N3/c1-10-4-11(2)6-12(5-10)15-8-13-7-14-9-16(13)3/h7,9-12,15H,4-6,8H2,1-3H3. The molecule has 1 aliphatic rings. The maximum absolute atomic E-state index is 4.14. The molecule has 1 aliphatic carbocycles. The molecule has 3 nitrogen and oxygen atoms in total. The van der Waals surface area contributed by atoms with Gasteiger partial charge in [0.1, 0.15) is 0 Å². The monoisotopic (exact) mass is 221 g/mol. The molecule has 1 fully saturated rings. The third-order valence-corrected chi connectivity index (χ3v) is 3.67. The van der Waals surface area contributed by atoms with Crippen LogP contribution in [0.2, 0.25) is 0 Å². The number of hydrogen-bond acceptors (Lipinski definition) is 2. The van der Waals surface area contributed by atoms with Gasteiger partial charge in [-0.15, -0.1) is 0 Å². The van der Waals surface area contributed by atoms with Gasteiger partial charge in [0, 0.05) is 25.8 Å². The minimum atomic E-state index is 0.689. The van der Waals surface area contributed by atoms with Crippen molar-refractivity contribution in [1.29, 1.82) is 0 Å². The summed E-state index contributed by atoms with van der Waals surface area (Å²) < 4.78 is 2.09. The minimum Gasteiger partial charge on any atom is -0.337 e. The molecule has 90 valence electrons. The van der Waals surface area contributed by atoms with Gasteiger partial charge in [0.15, 0.2) is 0 Å². The zero-order valence-electron chi connectivity index (χ0n) is 10.6. The van der Waals surface area contributed by atoms with Crippen molar-refractivity contribution in [3.05, 3.63) is 18.2 Å². The number of aryl methyl sites for hydroxylation is 1. The summed E-state index contributed by atoms with van der Waals surface area (Å²) in [5.74, 6) is 1.74. The van der Waals surface area contributed by atoms with E-state index in [2.05, 4.69) is 35.8 Å². The molecule has 0 spiro atoms. The summed E-state index contributed by atoms with van der Waals surface area (Å²) in [6.07, 6.45) is 7.85. The van der Waals surface area contributed by atoms with E-state index in [0.29, 0.717) is 6.04 Å². The topological polar surface area (TPSA) is 29.9 Å². The molecular weight excluding hydrogens is 198 g/mol. The normalized spacial score (nSPS) is 30.6. The molecule has 2 unspecified atom stereocenters. The van der Waals surface area contributed by atoms with Crippen LogP contribution in [-0.2, 0) is 13.6 Å². The lowest BCUT2D eigenvalue weighted by Crippen LogP contribution is -2.36. The van der Waals surface area contributed by atoms with Gasteiger partial charge in [0.25, 0.3) is 0 Å². The Bertz CT molecular complexity index is 322. The number of nitrogens with zero attached hydrogens (tertiary/aromatic N) is 2. The van der Waals surface area contributed by atoms with Crippen LogP contribution in [-0.4, -0.2) is 15.6 Å². The zero-order chi connectivity index (χ0) is 11.5. The third kappa shape index (κ3) is 2.85. The van der Waals surface area contributed by atoms with Crippen LogP contribution < -0.4 is 5.32 Å². The van der Waals surface area contributed by atoms with Crippen molar-refractivity contribution in [3.8, 4) is 0 Å². The van der Waals surface area contributed by atoms with Gasteiger partial charge in [-0.3, -0.25) is 0 Å². The summed E-state index contributed by atoms with van der Waals surface area (Å²) >= 11 is 0. The fourth-order valence-corrected chi connectivity index (χ4v) is 2.92. The van der Waals surface area contributed by atoms with Crippen LogP contribution in [0.3, 0.4) is 0 Å². The molecule has 2 atom stereocenters. The van der Waals surface area contributed by atoms with Crippen LogP contribution >= 0.6 is 0 Å². The molecule has 1 N–H and O–H groups in total. The van der Waals surface area contributed by atoms with Gasteiger partial charge in [-0.25, -0.2) is 4.98 Å². The Morgan fingerprint density at radius 1 is 1.31 bits per heavy atom. The summed E-state index contributed by atoms with van der Waals surface area (Å²) in [6, 6.07) is 0.689. The summed E-state index contributed by atoms with van der Waals surface area (Å²) in [5.41, 5.74) is 1.27. The molecule has 1 saturated carbocycles. The first kappa shape index (κ1) is 11.6. The van der Waals surface area contributed by atoms with E-state index in [1.165, 1.54) is 25.0 Å². The molecule has 0 radical (unpaired) electrons. The van der Waals surface area contributed by atoms with Gasteiger partial charge in [-0.2, -0.15) is 0 Å². The van der Waals surface area contributed by atoms with Crippen molar-refractivity contribution in [2.75, 3.05) is 0 Å². The summed E-state index contributed by atoms with van der Waals surface area (Å²) in [4.78, 5) is 4.14. The Balaban J connectivity index is 1.84. The van der Waals surface area contributed by atoms with Gasteiger partial charge in [0.2, 0.25) is 0 Å². The Hall–Kier alpha value is -0.830. The average molecular weight is 221 g/mol. The molecule has 0 amide bonds. The fraction of sp³-hybridized carbons (Fsp3) is 0.769. The average Bonchev–Trinajstić information content (AvgIpc) is 2.59. The highest BCUT2D eigenvalue weighted by molar-refractivity contribution is 4.97. The highest BCUT2D eigenvalue weighted by atomic mass is 15.0. The van der Waals surface area contributed by atoms with Crippen molar-refractivity contribution >= 4 is 0 Å². The minimum absolute atomic E-state index is 0.689. The van der Waals surface area contributed by atoms with E-state index in [1.54, 1.807) is 0 Å². The quantitative estimate of drug-likeness (QED) is 0.849. The highest BCUT2D eigenvalue weighted by Gasteiger charge is 2.23. The Kier molecular flexibility index (Phi) is 3.64. The molecule has 0 saturated heterocycles. The van der Waals surface area contributed by atoms with Gasteiger partial charge in [0.05, 0.1) is 12.0 Å². The molecule has 1 heterocycles. The van der Waals surface area contributed by atoms with Crippen LogP contribution in [0.5, 0.6) is 0 Å². The van der Waals surface area contributed by atoms with E-state index in [0.717, 1.165) is 18.4 Å². The van der Waals surface area contributed by atoms with Crippen LogP contribution in [0.25, 0.3) is 0 Å². The van der Waals surface area contributed by atoms with Crippen molar-refractivity contribution in [2.24, 2.45) is 18.9 Å². The number of imidazole rings is 1. The molecule has 3 heteroatoms. The SMILES string of the molecule is CC1CC(C)CC(NCc2cncn2C)C1. The van der Waals surface area contributed by atoms with Crippen molar-refractivity contribution < 1.29 is 0 Å². The van der Waals surface area contributed by atoms with Crippen LogP contribution in [0.15, 0.2) is 12.5 Å². The van der Waals surface area contributed by atoms with E-state index in [1.807, 2.05) is 12.5 Å². The van der Waals surface area contributed by atoms with Crippen LogP contribution in [0.4, 0.5) is 0 Å². The summed E-state index contributed by atoms with van der Waals surface area (Å²) in [6.45, 7) is 5.68.